The number of hydrogen-bond donors (Lipinski definition) is 0. The van der Waals surface area contributed by atoms with E-state index in [9.17, 15) is 30.3 Å². The molecular formula is C13H7BrN4O6. The Kier molecular flexibility index (Phi) is 4.94. The summed E-state index contributed by atoms with van der Waals surface area (Å²) in [7, 11) is 0. The zero-order chi connectivity index (χ0) is 17.9. The second-order valence-electron chi connectivity index (χ2n) is 4.40. The van der Waals surface area contributed by atoms with Gasteiger partial charge in [-0.05, 0) is 24.3 Å². The maximum atomic E-state index is 11.1. The lowest BCUT2D eigenvalue weighted by atomic mass is 10.1. The average Bonchev–Trinajstić information content (AvgIpc) is 2.53. The van der Waals surface area contributed by atoms with Crippen LogP contribution < -0.4 is 0 Å². The summed E-state index contributed by atoms with van der Waals surface area (Å²) in [6.07, 6.45) is 0.948. The second-order valence-corrected chi connectivity index (χ2v) is 5.32. The SMILES string of the molecule is O=[N+]([O-])c1cc([N+](=O)[O-])c(C=Nc2ccc(Br)cc2)c([N+](=O)[O-])c1. The third-order valence-corrected chi connectivity index (χ3v) is 3.42. The van der Waals surface area contributed by atoms with E-state index in [0.29, 0.717) is 17.8 Å². The first-order valence-corrected chi connectivity index (χ1v) is 6.99. The van der Waals surface area contributed by atoms with Gasteiger partial charge < -0.3 is 0 Å². The maximum Gasteiger partial charge on any atom is 0.291 e. The van der Waals surface area contributed by atoms with Crippen LogP contribution in [0.2, 0.25) is 0 Å². The van der Waals surface area contributed by atoms with Gasteiger partial charge in [0.1, 0.15) is 5.56 Å². The van der Waals surface area contributed by atoms with Crippen molar-refractivity contribution in [1.82, 2.24) is 0 Å². The maximum absolute atomic E-state index is 11.1. The summed E-state index contributed by atoms with van der Waals surface area (Å²) in [6.45, 7) is 0. The van der Waals surface area contributed by atoms with Gasteiger partial charge in [0.25, 0.3) is 17.1 Å². The highest BCUT2D eigenvalue weighted by atomic mass is 79.9. The predicted octanol–water partition coefficient (Wildman–Crippen LogP) is 3.92. The van der Waals surface area contributed by atoms with Crippen molar-refractivity contribution in [1.29, 1.82) is 0 Å². The van der Waals surface area contributed by atoms with E-state index >= 15 is 0 Å². The van der Waals surface area contributed by atoms with Crippen molar-refractivity contribution in [2.45, 2.75) is 0 Å². The molecule has 10 nitrogen and oxygen atoms in total. The zero-order valence-electron chi connectivity index (χ0n) is 11.7. The summed E-state index contributed by atoms with van der Waals surface area (Å²) in [4.78, 5) is 34.2. The fraction of sp³-hybridized carbons (Fsp3) is 0. The van der Waals surface area contributed by atoms with Crippen LogP contribution in [0.4, 0.5) is 22.7 Å². The van der Waals surface area contributed by atoms with Crippen molar-refractivity contribution in [2.75, 3.05) is 0 Å². The summed E-state index contributed by atoms with van der Waals surface area (Å²) < 4.78 is 0.786. The third kappa shape index (κ3) is 3.76. The number of hydrogen-bond acceptors (Lipinski definition) is 7. The topological polar surface area (TPSA) is 142 Å². The molecule has 0 aliphatic rings. The summed E-state index contributed by atoms with van der Waals surface area (Å²) in [5.41, 5.74) is -2.29. The largest absolute Gasteiger partial charge is 0.291 e. The standard InChI is InChI=1S/C13H7BrN4O6/c14-8-1-3-9(4-2-8)15-7-11-12(17(21)22)5-10(16(19)20)6-13(11)18(23)24/h1-7H. The molecule has 0 spiro atoms. The molecule has 0 aliphatic heterocycles. The molecule has 11 heteroatoms. The highest BCUT2D eigenvalue weighted by Gasteiger charge is 2.29. The van der Waals surface area contributed by atoms with Gasteiger partial charge in [-0.3, -0.25) is 35.3 Å². The van der Waals surface area contributed by atoms with Crippen molar-refractivity contribution in [3.8, 4) is 0 Å². The van der Waals surface area contributed by atoms with E-state index < -0.39 is 37.4 Å². The fourth-order valence-electron chi connectivity index (χ4n) is 1.81. The van der Waals surface area contributed by atoms with Crippen LogP contribution in [0.1, 0.15) is 5.56 Å². The Hall–Kier alpha value is -3.21. The van der Waals surface area contributed by atoms with Gasteiger partial charge in [-0.2, -0.15) is 0 Å². The number of nitro benzene ring substituents is 3. The number of nitro groups is 3. The molecule has 0 saturated carbocycles. The minimum absolute atomic E-state index is 0.403. The molecule has 2 rings (SSSR count). The van der Waals surface area contributed by atoms with Crippen molar-refractivity contribution in [3.63, 3.8) is 0 Å². The van der Waals surface area contributed by atoms with Crippen molar-refractivity contribution in [3.05, 3.63) is 76.8 Å². The molecule has 0 fully saturated rings. The fourth-order valence-corrected chi connectivity index (χ4v) is 2.08. The molecule has 0 unspecified atom stereocenters. The van der Waals surface area contributed by atoms with Gasteiger partial charge in [-0.1, -0.05) is 15.9 Å². The van der Waals surface area contributed by atoms with Gasteiger partial charge in [0, 0.05) is 10.7 Å². The minimum atomic E-state index is -0.935. The van der Waals surface area contributed by atoms with Gasteiger partial charge >= 0.3 is 0 Å². The van der Waals surface area contributed by atoms with Gasteiger partial charge in [-0.15, -0.1) is 0 Å². The van der Waals surface area contributed by atoms with Crippen LogP contribution in [0.15, 0.2) is 45.9 Å². The van der Waals surface area contributed by atoms with E-state index in [4.69, 9.17) is 0 Å². The van der Waals surface area contributed by atoms with Gasteiger partial charge in [-0.25, -0.2) is 0 Å². The number of nitrogens with zero attached hydrogens (tertiary/aromatic N) is 4. The molecule has 0 heterocycles. The van der Waals surface area contributed by atoms with Crippen LogP contribution in [0, 0.1) is 30.3 Å². The smallest absolute Gasteiger partial charge is 0.258 e. The van der Waals surface area contributed by atoms with Crippen LogP contribution in [-0.4, -0.2) is 21.0 Å². The van der Waals surface area contributed by atoms with Crippen molar-refractivity contribution < 1.29 is 14.8 Å². The quantitative estimate of drug-likeness (QED) is 0.427. The Balaban J connectivity index is 2.61. The summed E-state index contributed by atoms with van der Waals surface area (Å²) in [6, 6.07) is 7.84. The van der Waals surface area contributed by atoms with Crippen LogP contribution in [0.3, 0.4) is 0 Å². The number of rotatable bonds is 5. The Labute approximate surface area is 142 Å². The lowest BCUT2D eigenvalue weighted by molar-refractivity contribution is -0.403. The molecule has 0 saturated heterocycles. The molecule has 0 aliphatic carbocycles. The highest BCUT2D eigenvalue weighted by Crippen LogP contribution is 2.32. The number of aliphatic imine (C=N–C) groups is 1. The first-order valence-electron chi connectivity index (χ1n) is 6.20. The number of halogens is 1. The third-order valence-electron chi connectivity index (χ3n) is 2.89. The molecule has 2 aromatic carbocycles. The van der Waals surface area contributed by atoms with Gasteiger partial charge in [0.2, 0.25) is 0 Å². The first-order chi connectivity index (χ1) is 11.3. The van der Waals surface area contributed by atoms with Crippen LogP contribution in [0.5, 0.6) is 0 Å². The van der Waals surface area contributed by atoms with Gasteiger partial charge in [0.15, 0.2) is 0 Å². The molecular weight excluding hydrogens is 388 g/mol. The lowest BCUT2D eigenvalue weighted by Gasteiger charge is -2.00. The monoisotopic (exact) mass is 394 g/mol. The lowest BCUT2D eigenvalue weighted by Crippen LogP contribution is -2.02. The predicted molar refractivity (Wildman–Crippen MR) is 87.8 cm³/mol. The first kappa shape index (κ1) is 17.1. The van der Waals surface area contributed by atoms with E-state index in [2.05, 4.69) is 20.9 Å². The van der Waals surface area contributed by atoms with Crippen LogP contribution in [-0.2, 0) is 0 Å². The van der Waals surface area contributed by atoms with E-state index in [1.165, 1.54) is 0 Å². The van der Waals surface area contributed by atoms with Gasteiger partial charge in [0.05, 0.1) is 32.6 Å². The Morgan fingerprint density at radius 1 is 0.875 bits per heavy atom. The average molecular weight is 395 g/mol. The van der Waals surface area contributed by atoms with E-state index in [1.54, 1.807) is 24.3 Å². The highest BCUT2D eigenvalue weighted by molar-refractivity contribution is 9.10. The zero-order valence-corrected chi connectivity index (χ0v) is 13.2. The summed E-state index contributed by atoms with van der Waals surface area (Å²) in [5.74, 6) is 0. The molecule has 0 aromatic heterocycles. The molecule has 0 radical (unpaired) electrons. The Bertz CT molecular complexity index is 830. The second kappa shape index (κ2) is 6.91. The van der Waals surface area contributed by atoms with Crippen molar-refractivity contribution >= 4 is 44.9 Å². The van der Waals surface area contributed by atoms with Crippen molar-refractivity contribution in [2.24, 2.45) is 4.99 Å². The molecule has 122 valence electrons. The van der Waals surface area contributed by atoms with Crippen LogP contribution in [0.25, 0.3) is 0 Å². The number of benzene rings is 2. The normalized spacial score (nSPS) is 10.7. The molecule has 0 atom stereocenters. The van der Waals surface area contributed by atoms with E-state index in [1.807, 2.05) is 0 Å². The van der Waals surface area contributed by atoms with E-state index in [-0.39, 0.29) is 0 Å². The number of non-ortho nitro benzene ring substituents is 1. The minimum Gasteiger partial charge on any atom is -0.258 e. The Morgan fingerprint density at radius 3 is 1.79 bits per heavy atom. The molecule has 0 amide bonds. The molecule has 0 N–H and O–H groups in total. The van der Waals surface area contributed by atoms with Crippen LogP contribution >= 0.6 is 15.9 Å². The molecule has 24 heavy (non-hydrogen) atoms. The Morgan fingerprint density at radius 2 is 1.38 bits per heavy atom. The summed E-state index contributed by atoms with van der Waals surface area (Å²) in [5, 5.41) is 33.0. The molecule has 0 bridgehead atoms. The summed E-state index contributed by atoms with van der Waals surface area (Å²) >= 11 is 3.23. The van der Waals surface area contributed by atoms with E-state index in [0.717, 1.165) is 10.7 Å². The molecule has 2 aromatic rings.